The molecule has 1 unspecified atom stereocenters. The zero-order valence-electron chi connectivity index (χ0n) is 11.3. The van der Waals surface area contributed by atoms with E-state index in [0.29, 0.717) is 18.6 Å². The molecular formula is C16H19NO2. The van der Waals surface area contributed by atoms with Gasteiger partial charge in [-0.3, -0.25) is 0 Å². The molecule has 0 fully saturated rings. The van der Waals surface area contributed by atoms with Crippen molar-refractivity contribution in [3.63, 3.8) is 0 Å². The van der Waals surface area contributed by atoms with Crippen LogP contribution in [0.25, 0.3) is 0 Å². The third kappa shape index (κ3) is 5.39. The molecule has 3 heteroatoms. The lowest BCUT2D eigenvalue weighted by Gasteiger charge is -2.17. The summed E-state index contributed by atoms with van der Waals surface area (Å²) >= 11 is 0. The summed E-state index contributed by atoms with van der Waals surface area (Å²) in [5, 5.41) is 8.59. The molecule has 1 aromatic carbocycles. The Balaban J connectivity index is 2.62. The summed E-state index contributed by atoms with van der Waals surface area (Å²) in [6.07, 6.45) is 2.17. The van der Waals surface area contributed by atoms with Crippen LogP contribution < -0.4 is 0 Å². The highest BCUT2D eigenvalue weighted by Gasteiger charge is 2.14. The second kappa shape index (κ2) is 8.10. The topological polar surface area (TPSA) is 50.1 Å². The fourth-order valence-electron chi connectivity index (χ4n) is 1.80. The number of carbonyl (C=O) groups excluding carboxylic acids is 1. The van der Waals surface area contributed by atoms with E-state index in [1.54, 1.807) is 6.92 Å². The van der Waals surface area contributed by atoms with Crippen molar-refractivity contribution in [2.24, 2.45) is 0 Å². The van der Waals surface area contributed by atoms with Crippen LogP contribution in [0.2, 0.25) is 0 Å². The van der Waals surface area contributed by atoms with Crippen molar-refractivity contribution in [3.8, 4) is 6.07 Å². The van der Waals surface area contributed by atoms with Gasteiger partial charge < -0.3 is 4.74 Å². The van der Waals surface area contributed by atoms with Gasteiger partial charge in [0.2, 0.25) is 0 Å². The van der Waals surface area contributed by atoms with Crippen molar-refractivity contribution in [1.82, 2.24) is 0 Å². The van der Waals surface area contributed by atoms with Crippen molar-refractivity contribution in [2.45, 2.75) is 32.1 Å². The number of hydrogen-bond acceptors (Lipinski definition) is 3. The number of esters is 1. The van der Waals surface area contributed by atoms with Gasteiger partial charge in [-0.2, -0.15) is 5.26 Å². The highest BCUT2D eigenvalue weighted by Crippen LogP contribution is 2.22. The van der Waals surface area contributed by atoms with Gasteiger partial charge in [-0.1, -0.05) is 36.9 Å². The predicted octanol–water partition coefficient (Wildman–Crippen LogP) is 3.58. The fraction of sp³-hybridized carbons (Fsp3) is 0.375. The first-order valence-electron chi connectivity index (χ1n) is 6.39. The molecule has 0 aliphatic rings. The monoisotopic (exact) mass is 257 g/mol. The minimum absolute atomic E-state index is 0.137. The molecule has 0 radical (unpaired) electrons. The first-order valence-corrected chi connectivity index (χ1v) is 6.39. The molecule has 0 aliphatic carbocycles. The van der Waals surface area contributed by atoms with Crippen LogP contribution in [0.1, 0.15) is 37.7 Å². The Morgan fingerprint density at radius 1 is 1.42 bits per heavy atom. The second-order valence-corrected chi connectivity index (χ2v) is 4.54. The van der Waals surface area contributed by atoms with Crippen LogP contribution in [0.4, 0.5) is 0 Å². The molecule has 0 amide bonds. The Morgan fingerprint density at radius 3 is 2.68 bits per heavy atom. The summed E-state index contributed by atoms with van der Waals surface area (Å²) in [4.78, 5) is 11.4. The zero-order chi connectivity index (χ0) is 14.1. The molecule has 0 saturated heterocycles. The van der Waals surface area contributed by atoms with Crippen LogP contribution in [0.15, 0.2) is 42.5 Å². The molecule has 0 saturated carbocycles. The Bertz CT molecular complexity index is 459. The van der Waals surface area contributed by atoms with E-state index in [2.05, 4.69) is 12.6 Å². The molecule has 0 heterocycles. The van der Waals surface area contributed by atoms with Gasteiger partial charge in [0.25, 0.3) is 0 Å². The summed E-state index contributed by atoms with van der Waals surface area (Å²) in [6, 6.07) is 12.1. The molecule has 0 N–H and O–H groups in total. The first-order chi connectivity index (χ1) is 9.15. The zero-order valence-corrected chi connectivity index (χ0v) is 11.3. The minimum atomic E-state index is -0.360. The van der Waals surface area contributed by atoms with Gasteiger partial charge in [-0.15, -0.1) is 0 Å². The van der Waals surface area contributed by atoms with Crippen molar-refractivity contribution >= 4 is 5.97 Å². The first kappa shape index (κ1) is 15.0. The summed E-state index contributed by atoms with van der Waals surface area (Å²) in [5.74, 6) is -0.223. The third-order valence-corrected chi connectivity index (χ3v) is 2.88. The number of nitriles is 1. The Hall–Kier alpha value is -2.08. The van der Waals surface area contributed by atoms with Crippen molar-refractivity contribution in [1.29, 1.82) is 5.26 Å². The lowest BCUT2D eigenvalue weighted by atomic mass is 9.94. The van der Waals surface area contributed by atoms with Gasteiger partial charge in [0.05, 0.1) is 12.7 Å². The molecule has 1 rings (SSSR count). The predicted molar refractivity (Wildman–Crippen MR) is 74.4 cm³/mol. The maximum absolute atomic E-state index is 11.4. The molecular weight excluding hydrogens is 238 g/mol. The highest BCUT2D eigenvalue weighted by atomic mass is 16.5. The highest BCUT2D eigenvalue weighted by molar-refractivity contribution is 5.86. The molecule has 100 valence electrons. The molecule has 0 aliphatic heterocycles. The van der Waals surface area contributed by atoms with Crippen LogP contribution in [-0.2, 0) is 9.53 Å². The van der Waals surface area contributed by atoms with Crippen molar-refractivity contribution in [2.75, 3.05) is 6.61 Å². The molecule has 3 nitrogen and oxygen atoms in total. The van der Waals surface area contributed by atoms with Gasteiger partial charge in [0.1, 0.15) is 0 Å². The fourth-order valence-corrected chi connectivity index (χ4v) is 1.80. The normalized spacial score (nSPS) is 11.4. The molecule has 19 heavy (non-hydrogen) atoms. The number of carbonyl (C=O) groups is 1. The van der Waals surface area contributed by atoms with Crippen LogP contribution in [0.3, 0.4) is 0 Å². The van der Waals surface area contributed by atoms with Crippen molar-refractivity contribution in [3.05, 3.63) is 48.0 Å². The molecule has 0 aromatic heterocycles. The SMILES string of the molecule is C=C(C)C(=O)OCC(CCCC#N)c1ccccc1. The lowest BCUT2D eigenvalue weighted by molar-refractivity contribution is -0.139. The molecule has 0 bridgehead atoms. The Kier molecular flexibility index (Phi) is 6.38. The average molecular weight is 257 g/mol. The summed E-state index contributed by atoms with van der Waals surface area (Å²) < 4.78 is 5.23. The largest absolute Gasteiger partial charge is 0.462 e. The maximum atomic E-state index is 11.4. The number of nitrogens with zero attached hydrogens (tertiary/aromatic N) is 1. The van der Waals surface area contributed by atoms with E-state index >= 15 is 0 Å². The maximum Gasteiger partial charge on any atom is 0.333 e. The third-order valence-electron chi connectivity index (χ3n) is 2.88. The van der Waals surface area contributed by atoms with Crippen LogP contribution in [0.5, 0.6) is 0 Å². The van der Waals surface area contributed by atoms with E-state index in [0.717, 1.165) is 18.4 Å². The standard InChI is InChI=1S/C16H19NO2/c1-13(2)16(18)19-12-15(10-6-7-11-17)14-8-4-3-5-9-14/h3-5,8-9,15H,1,6-7,10,12H2,2H3. The Labute approximate surface area is 114 Å². The smallest absolute Gasteiger partial charge is 0.333 e. The van der Waals surface area contributed by atoms with Crippen LogP contribution in [-0.4, -0.2) is 12.6 Å². The van der Waals surface area contributed by atoms with E-state index < -0.39 is 0 Å². The molecule has 1 atom stereocenters. The van der Waals surface area contributed by atoms with E-state index in [-0.39, 0.29) is 11.9 Å². The number of unbranched alkanes of at least 4 members (excludes halogenated alkanes) is 1. The quantitative estimate of drug-likeness (QED) is 0.426. The number of rotatable bonds is 7. The lowest BCUT2D eigenvalue weighted by Crippen LogP contribution is -2.13. The number of benzene rings is 1. The molecule has 0 spiro atoms. The van der Waals surface area contributed by atoms with E-state index in [4.69, 9.17) is 10.00 Å². The Morgan fingerprint density at radius 2 is 2.11 bits per heavy atom. The van der Waals surface area contributed by atoms with E-state index in [1.165, 1.54) is 0 Å². The van der Waals surface area contributed by atoms with Gasteiger partial charge in [-0.05, 0) is 25.3 Å². The summed E-state index contributed by atoms with van der Waals surface area (Å²) in [7, 11) is 0. The number of hydrogen-bond donors (Lipinski definition) is 0. The summed E-state index contributed by atoms with van der Waals surface area (Å²) in [6.45, 7) is 5.53. The minimum Gasteiger partial charge on any atom is -0.462 e. The van der Waals surface area contributed by atoms with Gasteiger partial charge in [0, 0.05) is 17.9 Å². The summed E-state index contributed by atoms with van der Waals surface area (Å²) in [5.41, 5.74) is 1.54. The van der Waals surface area contributed by atoms with Gasteiger partial charge in [-0.25, -0.2) is 4.79 Å². The van der Waals surface area contributed by atoms with Crippen molar-refractivity contribution < 1.29 is 9.53 Å². The van der Waals surface area contributed by atoms with Gasteiger partial charge in [0.15, 0.2) is 0 Å². The molecule has 1 aromatic rings. The van der Waals surface area contributed by atoms with Crippen LogP contribution >= 0.6 is 0 Å². The van der Waals surface area contributed by atoms with Crippen LogP contribution in [0, 0.1) is 11.3 Å². The van der Waals surface area contributed by atoms with Gasteiger partial charge >= 0.3 is 5.97 Å². The average Bonchev–Trinajstić information content (AvgIpc) is 2.43. The second-order valence-electron chi connectivity index (χ2n) is 4.54. The van der Waals surface area contributed by atoms with E-state index in [1.807, 2.05) is 30.3 Å². The van der Waals surface area contributed by atoms with E-state index in [9.17, 15) is 4.79 Å². The number of ether oxygens (including phenoxy) is 1.